The van der Waals surface area contributed by atoms with E-state index in [1.165, 1.54) is 22.7 Å². The summed E-state index contributed by atoms with van der Waals surface area (Å²) in [7, 11) is 0. The van der Waals surface area contributed by atoms with Crippen LogP contribution in [0.5, 0.6) is 11.5 Å². The normalized spacial score (nSPS) is 12.0. The lowest BCUT2D eigenvalue weighted by Crippen LogP contribution is -2.42. The lowest BCUT2D eigenvalue weighted by molar-refractivity contribution is -0.0179. The van der Waals surface area contributed by atoms with Crippen LogP contribution in [0.3, 0.4) is 0 Å². The molecule has 0 atom stereocenters. The first-order valence-electron chi connectivity index (χ1n) is 12.6. The molecule has 2 aromatic heterocycles. The molecule has 2 N–H and O–H groups in total. The summed E-state index contributed by atoms with van der Waals surface area (Å²) in [4.78, 5) is 26.4. The van der Waals surface area contributed by atoms with Crippen LogP contribution in [0, 0.1) is 5.41 Å². The maximum Gasteiger partial charge on any atom is 0.197 e. The molecule has 10 heteroatoms. The zero-order chi connectivity index (χ0) is 28.7. The Labute approximate surface area is 251 Å². The van der Waals surface area contributed by atoms with Crippen LogP contribution in [0.2, 0.25) is 10.0 Å². The predicted molar refractivity (Wildman–Crippen MR) is 169 cm³/mol. The van der Waals surface area contributed by atoms with Crippen LogP contribution in [0.4, 0.5) is 0 Å². The number of hydrogen-bond donors (Lipinski definition) is 2. The molecule has 0 aliphatic heterocycles. The summed E-state index contributed by atoms with van der Waals surface area (Å²) in [6, 6.07) is 21.1. The third-order valence-corrected chi connectivity index (χ3v) is 10.0. The van der Waals surface area contributed by atoms with Crippen LogP contribution in [-0.2, 0) is 0 Å². The van der Waals surface area contributed by atoms with Gasteiger partial charge >= 0.3 is 0 Å². The Morgan fingerprint density at radius 1 is 0.634 bits per heavy atom. The molecule has 0 saturated heterocycles. The molecule has 0 aliphatic carbocycles. The van der Waals surface area contributed by atoms with Crippen molar-refractivity contribution in [2.24, 2.45) is 5.41 Å². The molecule has 208 valence electrons. The van der Waals surface area contributed by atoms with Gasteiger partial charge in [0.25, 0.3) is 0 Å². The van der Waals surface area contributed by atoms with Gasteiger partial charge in [0.05, 0.1) is 48.8 Å². The van der Waals surface area contributed by atoms with Crippen molar-refractivity contribution in [3.8, 4) is 11.5 Å². The summed E-state index contributed by atoms with van der Waals surface area (Å²) in [5, 5.41) is 23.2. The fourth-order valence-electron chi connectivity index (χ4n) is 4.64. The van der Waals surface area contributed by atoms with Crippen molar-refractivity contribution in [1.29, 1.82) is 0 Å². The molecule has 6 aromatic rings. The maximum absolute atomic E-state index is 13.2. The van der Waals surface area contributed by atoms with E-state index in [9.17, 15) is 19.8 Å². The van der Waals surface area contributed by atoms with Gasteiger partial charge in [-0.05, 0) is 48.5 Å². The number of hydrogen-bond acceptors (Lipinski definition) is 8. The minimum absolute atomic E-state index is 0.116. The van der Waals surface area contributed by atoms with E-state index in [1.807, 2.05) is 24.3 Å². The van der Waals surface area contributed by atoms with Crippen LogP contribution >= 0.6 is 45.9 Å². The molecule has 0 spiro atoms. The van der Waals surface area contributed by atoms with E-state index in [0.717, 1.165) is 9.40 Å². The second-order valence-electron chi connectivity index (χ2n) is 9.75. The Balaban J connectivity index is 1.33. The lowest BCUT2D eigenvalue weighted by Gasteiger charge is -2.30. The van der Waals surface area contributed by atoms with Crippen molar-refractivity contribution < 1.29 is 19.7 Å². The van der Waals surface area contributed by atoms with Gasteiger partial charge < -0.3 is 19.7 Å². The summed E-state index contributed by atoms with van der Waals surface area (Å²) in [5.41, 5.74) is -1.59. The summed E-state index contributed by atoms with van der Waals surface area (Å²) < 4.78 is 15.0. The van der Waals surface area contributed by atoms with Gasteiger partial charge in [0.2, 0.25) is 0 Å². The van der Waals surface area contributed by atoms with Crippen molar-refractivity contribution in [3.05, 3.63) is 103 Å². The zero-order valence-electron chi connectivity index (χ0n) is 21.4. The van der Waals surface area contributed by atoms with Crippen LogP contribution in [0.15, 0.2) is 82.4 Å². The van der Waals surface area contributed by atoms with Gasteiger partial charge in [0.1, 0.15) is 24.7 Å². The SMILES string of the molecule is O=c1c2ccccc2sc2c(OCC(CO)(CO)COc3ccc(Cl)c4c(=O)c5ccccc5sc34)ccc(Cl)c12. The molecular formula is C31H22Cl2O6S2. The smallest absolute Gasteiger partial charge is 0.197 e. The summed E-state index contributed by atoms with van der Waals surface area (Å²) in [6.45, 7) is -1.12. The Kier molecular flexibility index (Phi) is 7.63. The Bertz CT molecular complexity index is 1920. The van der Waals surface area contributed by atoms with Gasteiger partial charge in [-0.25, -0.2) is 0 Å². The highest BCUT2D eigenvalue weighted by molar-refractivity contribution is 7.25. The Hall–Kier alpha value is -3.24. The molecule has 0 aliphatic rings. The van der Waals surface area contributed by atoms with E-state index in [4.69, 9.17) is 32.7 Å². The molecule has 0 saturated carbocycles. The molecule has 41 heavy (non-hydrogen) atoms. The molecule has 4 aromatic carbocycles. The van der Waals surface area contributed by atoms with Crippen molar-refractivity contribution in [1.82, 2.24) is 0 Å². The fourth-order valence-corrected chi connectivity index (χ4v) is 7.58. The quantitative estimate of drug-likeness (QED) is 0.179. The van der Waals surface area contributed by atoms with E-state index >= 15 is 0 Å². The molecule has 6 nitrogen and oxygen atoms in total. The van der Waals surface area contributed by atoms with E-state index < -0.39 is 18.6 Å². The topological polar surface area (TPSA) is 93.1 Å². The summed E-state index contributed by atoms with van der Waals surface area (Å²) >= 11 is 15.6. The van der Waals surface area contributed by atoms with Gasteiger partial charge in [-0.1, -0.05) is 47.5 Å². The minimum atomic E-state index is -1.21. The number of halogens is 2. The van der Waals surface area contributed by atoms with Crippen LogP contribution in [0.1, 0.15) is 0 Å². The van der Waals surface area contributed by atoms with Gasteiger partial charge in [0, 0.05) is 20.2 Å². The zero-order valence-corrected chi connectivity index (χ0v) is 24.5. The van der Waals surface area contributed by atoms with E-state index in [1.54, 1.807) is 48.5 Å². The molecule has 0 fully saturated rings. The third-order valence-electron chi connectivity index (χ3n) is 7.02. The van der Waals surface area contributed by atoms with E-state index in [0.29, 0.717) is 52.5 Å². The highest BCUT2D eigenvalue weighted by Gasteiger charge is 2.32. The molecule has 0 bridgehead atoms. The number of aliphatic hydroxyl groups excluding tert-OH is 2. The Morgan fingerprint density at radius 2 is 1.05 bits per heavy atom. The number of ether oxygens (including phenoxy) is 2. The predicted octanol–water partition coefficient (Wildman–Crippen LogP) is 6.88. The first-order valence-corrected chi connectivity index (χ1v) is 15.0. The third kappa shape index (κ3) is 4.95. The molecule has 2 heterocycles. The maximum atomic E-state index is 13.2. The highest BCUT2D eigenvalue weighted by atomic mass is 35.5. The fraction of sp³-hybridized carbons (Fsp3) is 0.161. The lowest BCUT2D eigenvalue weighted by atomic mass is 9.92. The average molecular weight is 626 g/mol. The summed E-state index contributed by atoms with van der Waals surface area (Å²) in [5.74, 6) is 0.815. The average Bonchev–Trinajstić information content (AvgIpc) is 2.99. The minimum Gasteiger partial charge on any atom is -0.491 e. The monoisotopic (exact) mass is 624 g/mol. The van der Waals surface area contributed by atoms with Crippen molar-refractivity contribution >= 4 is 86.2 Å². The standard InChI is InChI=1S/C31H22Cl2O6S2/c32-19-9-11-21(29-25(19)27(36)17-5-1-3-7-23(17)40-29)38-15-31(13-34,14-35)16-39-22-12-10-20(33)26-28(37)18-6-2-4-8-24(18)41-30(22)26/h1-12,34-35H,13-16H2. The van der Waals surface area contributed by atoms with Crippen LogP contribution < -0.4 is 20.3 Å². The second-order valence-corrected chi connectivity index (χ2v) is 12.7. The van der Waals surface area contributed by atoms with Crippen LogP contribution in [-0.4, -0.2) is 36.6 Å². The Morgan fingerprint density at radius 3 is 1.46 bits per heavy atom. The molecule has 0 radical (unpaired) electrons. The number of benzene rings is 4. The van der Waals surface area contributed by atoms with Gasteiger partial charge in [-0.2, -0.15) is 0 Å². The van der Waals surface area contributed by atoms with Gasteiger partial charge in [-0.15, -0.1) is 22.7 Å². The van der Waals surface area contributed by atoms with Crippen molar-refractivity contribution in [3.63, 3.8) is 0 Å². The number of aliphatic hydroxyl groups is 2. The first-order chi connectivity index (χ1) is 19.9. The number of rotatable bonds is 8. The van der Waals surface area contributed by atoms with E-state index in [2.05, 4.69) is 0 Å². The van der Waals surface area contributed by atoms with Crippen molar-refractivity contribution in [2.75, 3.05) is 26.4 Å². The molecule has 0 unspecified atom stereocenters. The largest absolute Gasteiger partial charge is 0.491 e. The van der Waals surface area contributed by atoms with Gasteiger partial charge in [0.15, 0.2) is 10.9 Å². The van der Waals surface area contributed by atoms with Crippen LogP contribution in [0.25, 0.3) is 40.3 Å². The molecule has 6 rings (SSSR count). The second kappa shape index (κ2) is 11.2. The number of fused-ring (bicyclic) bond motifs is 4. The van der Waals surface area contributed by atoms with Crippen molar-refractivity contribution in [2.45, 2.75) is 0 Å². The van der Waals surface area contributed by atoms with E-state index in [-0.39, 0.29) is 24.1 Å². The summed E-state index contributed by atoms with van der Waals surface area (Å²) in [6.07, 6.45) is 0. The molecule has 0 amide bonds. The first kappa shape index (κ1) is 27.9. The molecular weight excluding hydrogens is 603 g/mol. The highest BCUT2D eigenvalue weighted by Crippen LogP contribution is 2.38. The van der Waals surface area contributed by atoms with Gasteiger partial charge in [-0.3, -0.25) is 9.59 Å².